The first kappa shape index (κ1) is 39.8. The van der Waals surface area contributed by atoms with Gasteiger partial charge in [0.2, 0.25) is 0 Å². The molecule has 0 spiro atoms. The summed E-state index contributed by atoms with van der Waals surface area (Å²) in [7, 11) is 0. The van der Waals surface area contributed by atoms with Crippen molar-refractivity contribution in [3.05, 3.63) is 249 Å². The molecule has 0 fully saturated rings. The number of hydrogen-bond donors (Lipinski definition) is 0. The van der Waals surface area contributed by atoms with Crippen LogP contribution < -0.4 is 0 Å². The molecule has 0 aliphatic rings. The molecule has 0 bridgehead atoms. The minimum Gasteiger partial charge on any atom is -0.464 e. The van der Waals surface area contributed by atoms with Gasteiger partial charge in [0, 0.05) is 54.7 Å². The summed E-state index contributed by atoms with van der Waals surface area (Å²) >= 11 is 0. The maximum atomic E-state index is 6.01. The van der Waals surface area contributed by atoms with Crippen molar-refractivity contribution in [3.63, 3.8) is 0 Å². The molecular weight excluding hydrogens is 851 g/mol. The summed E-state index contributed by atoms with van der Waals surface area (Å²) in [6, 6.07) is 86.9. The molecule has 0 aliphatic carbocycles. The Balaban J connectivity index is 0.827. The van der Waals surface area contributed by atoms with Gasteiger partial charge in [-0.05, 0) is 87.0 Å². The molecule has 0 radical (unpaired) electrons. The number of fused-ring (bicyclic) bond motifs is 7. The van der Waals surface area contributed by atoms with E-state index in [1.54, 1.807) is 6.26 Å². The van der Waals surface area contributed by atoms with Gasteiger partial charge in [0.05, 0.1) is 34.2 Å². The molecule has 0 atom stereocenters. The molecule has 0 amide bonds. The summed E-state index contributed by atoms with van der Waals surface area (Å²) in [5.41, 5.74) is 21.0. The first-order chi connectivity index (χ1) is 34.7. The molecule has 0 unspecified atom stereocenters. The van der Waals surface area contributed by atoms with Crippen LogP contribution in [-0.4, -0.2) is 14.4 Å². The van der Waals surface area contributed by atoms with Crippen LogP contribution in [0.5, 0.6) is 0 Å². The lowest BCUT2D eigenvalue weighted by Crippen LogP contribution is -1.96. The van der Waals surface area contributed by atoms with Crippen molar-refractivity contribution in [2.24, 2.45) is 0 Å². The van der Waals surface area contributed by atoms with E-state index in [-0.39, 0.29) is 0 Å². The van der Waals surface area contributed by atoms with Crippen LogP contribution in [0.25, 0.3) is 139 Å². The highest BCUT2D eigenvalue weighted by Crippen LogP contribution is 2.44. The van der Waals surface area contributed by atoms with E-state index >= 15 is 0 Å². The van der Waals surface area contributed by atoms with Gasteiger partial charge in [-0.1, -0.05) is 200 Å². The van der Waals surface area contributed by atoms with Gasteiger partial charge in [-0.15, -0.1) is 0 Å². The monoisotopic (exact) mass is 891 g/mol. The van der Waals surface area contributed by atoms with Gasteiger partial charge < -0.3 is 8.82 Å². The maximum absolute atomic E-state index is 6.01. The van der Waals surface area contributed by atoms with Crippen LogP contribution in [-0.2, 0) is 0 Å². The number of nitrogens with zero attached hydrogens (tertiary/aromatic N) is 3. The van der Waals surface area contributed by atoms with E-state index in [2.05, 4.69) is 217 Å². The zero-order chi connectivity index (χ0) is 46.1. The summed E-state index contributed by atoms with van der Waals surface area (Å²) in [6.07, 6.45) is 1.78. The SMILES string of the molecule is c1ccc(-c2cc(-c3cccc(-c4cccc(-c5cccc(-c6cccc(-c7cccc8c9cccc%10c%11ccc(-c%12cccc%13ccoc%12%13)cc%11n(c78)c%109)c6)c5)c4)c3)nc(-c3ccccc3)n2)cc1. The van der Waals surface area contributed by atoms with Crippen LogP contribution in [0.15, 0.2) is 253 Å². The molecule has 326 valence electrons. The van der Waals surface area contributed by atoms with Crippen LogP contribution in [0.4, 0.5) is 0 Å². The average molecular weight is 892 g/mol. The van der Waals surface area contributed by atoms with Crippen molar-refractivity contribution in [3.8, 4) is 89.5 Å². The molecule has 0 aliphatic heterocycles. The molecule has 4 aromatic heterocycles. The molecule has 0 saturated carbocycles. The third-order valence-electron chi connectivity index (χ3n) is 14.0. The Morgan fingerprint density at radius 2 is 0.771 bits per heavy atom. The molecule has 0 saturated heterocycles. The molecule has 70 heavy (non-hydrogen) atoms. The van der Waals surface area contributed by atoms with Gasteiger partial charge in [-0.25, -0.2) is 9.97 Å². The van der Waals surface area contributed by atoms with E-state index in [0.29, 0.717) is 5.82 Å². The fourth-order valence-electron chi connectivity index (χ4n) is 10.7. The lowest BCUT2D eigenvalue weighted by atomic mass is 9.94. The predicted molar refractivity (Wildman–Crippen MR) is 290 cm³/mol. The van der Waals surface area contributed by atoms with Crippen molar-refractivity contribution >= 4 is 49.1 Å². The molecule has 0 N–H and O–H groups in total. The second-order valence-corrected chi connectivity index (χ2v) is 18.1. The van der Waals surface area contributed by atoms with Gasteiger partial charge in [0.15, 0.2) is 5.82 Å². The second-order valence-electron chi connectivity index (χ2n) is 18.1. The summed E-state index contributed by atoms with van der Waals surface area (Å²) in [6.45, 7) is 0. The minimum atomic E-state index is 0.707. The zero-order valence-corrected chi connectivity index (χ0v) is 37.9. The third kappa shape index (κ3) is 6.61. The molecule has 14 rings (SSSR count). The zero-order valence-electron chi connectivity index (χ0n) is 37.9. The Morgan fingerprint density at radius 1 is 0.300 bits per heavy atom. The standard InChI is InChI=1S/C66H41N3O/c1-3-14-42(15-4-1)60-41-61(68-66(67-60)44-16-5-2-6-17-44)53-26-10-24-50(39-53)48-22-8-20-46(37-48)45-19-7-21-47(36-45)49-23-9-25-51(38-49)54-27-12-30-58-59-31-13-29-57-56-33-32-52(40-62(56)69(63(54)58)64(57)59)55-28-11-18-43-34-35-70-65(43)55/h1-41H. The quantitative estimate of drug-likeness (QED) is 0.153. The Kier molecular flexibility index (Phi) is 9.17. The Hall–Kier alpha value is -9.38. The minimum absolute atomic E-state index is 0.707. The van der Waals surface area contributed by atoms with E-state index in [0.717, 1.165) is 72.4 Å². The number of aromatic nitrogens is 3. The highest BCUT2D eigenvalue weighted by molar-refractivity contribution is 6.25. The second kappa shape index (κ2) is 16.2. The molecule has 4 nitrogen and oxygen atoms in total. The van der Waals surface area contributed by atoms with Crippen molar-refractivity contribution in [1.29, 1.82) is 0 Å². The van der Waals surface area contributed by atoms with Gasteiger partial charge in [0.25, 0.3) is 0 Å². The Labute approximate surface area is 404 Å². The number of benzene rings is 10. The maximum Gasteiger partial charge on any atom is 0.160 e. The predicted octanol–water partition coefficient (Wildman–Crippen LogP) is 17.7. The smallest absolute Gasteiger partial charge is 0.160 e. The Bertz CT molecular complexity index is 4240. The largest absolute Gasteiger partial charge is 0.464 e. The molecule has 4 heteroatoms. The van der Waals surface area contributed by atoms with E-state index in [4.69, 9.17) is 14.4 Å². The topological polar surface area (TPSA) is 43.3 Å². The van der Waals surface area contributed by atoms with Crippen molar-refractivity contribution < 1.29 is 4.42 Å². The molecule has 4 heterocycles. The van der Waals surface area contributed by atoms with Gasteiger partial charge >= 0.3 is 0 Å². The van der Waals surface area contributed by atoms with Crippen LogP contribution in [0.1, 0.15) is 0 Å². The normalized spacial score (nSPS) is 11.7. The van der Waals surface area contributed by atoms with E-state index in [9.17, 15) is 0 Å². The fourth-order valence-corrected chi connectivity index (χ4v) is 10.7. The van der Waals surface area contributed by atoms with Crippen LogP contribution in [0.3, 0.4) is 0 Å². The fraction of sp³-hybridized carbons (Fsp3) is 0. The van der Waals surface area contributed by atoms with Crippen molar-refractivity contribution in [2.45, 2.75) is 0 Å². The van der Waals surface area contributed by atoms with E-state index < -0.39 is 0 Å². The third-order valence-corrected chi connectivity index (χ3v) is 14.0. The summed E-state index contributed by atoms with van der Waals surface area (Å²) in [4.78, 5) is 10.1. The van der Waals surface area contributed by atoms with E-state index in [1.807, 2.05) is 30.3 Å². The lowest BCUT2D eigenvalue weighted by molar-refractivity contribution is 0.617. The Morgan fingerprint density at radius 3 is 1.44 bits per heavy atom. The van der Waals surface area contributed by atoms with Gasteiger partial charge in [-0.3, -0.25) is 0 Å². The van der Waals surface area contributed by atoms with Crippen LogP contribution >= 0.6 is 0 Å². The molecular formula is C66H41N3O. The van der Waals surface area contributed by atoms with Crippen molar-refractivity contribution in [2.75, 3.05) is 0 Å². The van der Waals surface area contributed by atoms with Crippen LogP contribution in [0, 0.1) is 0 Å². The number of rotatable bonds is 8. The summed E-state index contributed by atoms with van der Waals surface area (Å²) in [5, 5.41) is 6.13. The van der Waals surface area contributed by atoms with Crippen molar-refractivity contribution in [1.82, 2.24) is 14.4 Å². The number of furan rings is 1. The first-order valence-electron chi connectivity index (χ1n) is 23.8. The van der Waals surface area contributed by atoms with Gasteiger partial charge in [0.1, 0.15) is 5.58 Å². The average Bonchev–Trinajstić information content (AvgIpc) is 4.16. The van der Waals surface area contributed by atoms with Gasteiger partial charge in [-0.2, -0.15) is 0 Å². The number of hydrogen-bond acceptors (Lipinski definition) is 3. The lowest BCUT2D eigenvalue weighted by Gasteiger charge is -2.12. The molecule has 14 aromatic rings. The van der Waals surface area contributed by atoms with Crippen LogP contribution in [0.2, 0.25) is 0 Å². The summed E-state index contributed by atoms with van der Waals surface area (Å²) in [5.74, 6) is 0.707. The summed E-state index contributed by atoms with van der Waals surface area (Å²) < 4.78 is 8.52. The number of para-hydroxylation sites is 3. The van der Waals surface area contributed by atoms with E-state index in [1.165, 1.54) is 60.3 Å². The highest BCUT2D eigenvalue weighted by Gasteiger charge is 2.21. The first-order valence-corrected chi connectivity index (χ1v) is 23.8. The highest BCUT2D eigenvalue weighted by atomic mass is 16.3. The molecule has 10 aromatic carbocycles.